The second-order valence-electron chi connectivity index (χ2n) is 14.8. The van der Waals surface area contributed by atoms with Crippen LogP contribution in [0.4, 0.5) is 0 Å². The van der Waals surface area contributed by atoms with Crippen LogP contribution in [-0.4, -0.2) is 93.7 Å². The van der Waals surface area contributed by atoms with Crippen molar-refractivity contribution in [3.05, 3.63) is 0 Å². The van der Waals surface area contributed by atoms with Gasteiger partial charge in [-0.3, -0.25) is 24.1 Å². The number of carbonyl (C=O) groups excluding carboxylic acids is 4. The summed E-state index contributed by atoms with van der Waals surface area (Å²) in [6.45, 7) is 3.49. The average molecular weight is 742 g/mol. The molecule has 0 aromatic heterocycles. The van der Waals surface area contributed by atoms with Gasteiger partial charge in [0.25, 0.3) is 0 Å². The van der Waals surface area contributed by atoms with Crippen molar-refractivity contribution in [2.24, 2.45) is 11.5 Å². The maximum absolute atomic E-state index is 14.0. The van der Waals surface area contributed by atoms with Gasteiger partial charge in [0.2, 0.25) is 29.5 Å². The molecule has 304 valence electrons. The third kappa shape index (κ3) is 20.2. The predicted octanol–water partition coefficient (Wildman–Crippen LogP) is 4.42. The van der Waals surface area contributed by atoms with Gasteiger partial charge in [0.1, 0.15) is 12.2 Å². The van der Waals surface area contributed by atoms with Crippen molar-refractivity contribution in [3.63, 3.8) is 0 Å². The standard InChI is InChI=1S/C39H75N5O8/c1-3-5-7-9-11-13-14-15-17-19-21-23-27-44(36(49)24-22-20-18-16-12-10-8-6-4-2)39(28-32(46)37(50)33(30-45)52-39)43-35(48)29-42-38(51)31(40)25-26-34(41)47/h31-33,37,45-46,50H,3-30,40H2,1-2H3,(H2,41,47)(H,42,51)(H,43,48)/t31-,32+,33+,37-,39-/m0/s1. The van der Waals surface area contributed by atoms with Gasteiger partial charge in [0.05, 0.1) is 25.3 Å². The highest BCUT2D eigenvalue weighted by Gasteiger charge is 2.52. The molecule has 0 spiro atoms. The topological polar surface area (TPSA) is 218 Å². The first-order valence-electron chi connectivity index (χ1n) is 20.6. The lowest BCUT2D eigenvalue weighted by atomic mass is 9.96. The molecule has 0 aromatic carbocycles. The third-order valence-corrected chi connectivity index (χ3v) is 10.1. The molecule has 1 rings (SSSR count). The van der Waals surface area contributed by atoms with E-state index in [-0.39, 0.29) is 38.1 Å². The van der Waals surface area contributed by atoms with Crippen LogP contribution in [0.15, 0.2) is 0 Å². The number of hydrogen-bond donors (Lipinski definition) is 7. The second-order valence-corrected chi connectivity index (χ2v) is 14.8. The maximum atomic E-state index is 14.0. The first kappa shape index (κ1) is 47.7. The van der Waals surface area contributed by atoms with E-state index >= 15 is 0 Å². The zero-order valence-corrected chi connectivity index (χ0v) is 32.6. The molecule has 52 heavy (non-hydrogen) atoms. The van der Waals surface area contributed by atoms with Gasteiger partial charge in [0.15, 0.2) is 0 Å². The predicted molar refractivity (Wildman–Crippen MR) is 204 cm³/mol. The van der Waals surface area contributed by atoms with Gasteiger partial charge in [-0.1, -0.05) is 136 Å². The zero-order chi connectivity index (χ0) is 38.6. The Morgan fingerprint density at radius 3 is 1.73 bits per heavy atom. The average Bonchev–Trinajstić information content (AvgIpc) is 3.12. The van der Waals surface area contributed by atoms with E-state index in [0.29, 0.717) is 12.8 Å². The van der Waals surface area contributed by atoms with Gasteiger partial charge in [-0.15, -0.1) is 0 Å². The highest BCUT2D eigenvalue weighted by atomic mass is 16.6. The Hall–Kier alpha value is -2.32. The fourth-order valence-electron chi connectivity index (χ4n) is 6.82. The Bertz CT molecular complexity index is 988. The minimum absolute atomic E-state index is 0.0122. The van der Waals surface area contributed by atoms with Crippen LogP contribution >= 0.6 is 0 Å². The molecule has 4 amide bonds. The summed E-state index contributed by atoms with van der Waals surface area (Å²) in [5.74, 6) is -4.10. The van der Waals surface area contributed by atoms with E-state index in [9.17, 15) is 34.5 Å². The van der Waals surface area contributed by atoms with Crippen LogP contribution in [0.2, 0.25) is 0 Å². The summed E-state index contributed by atoms with van der Waals surface area (Å²) in [7, 11) is 0. The van der Waals surface area contributed by atoms with Crippen LogP contribution in [0.5, 0.6) is 0 Å². The zero-order valence-electron chi connectivity index (χ0n) is 32.6. The number of aliphatic hydroxyl groups excluding tert-OH is 3. The van der Waals surface area contributed by atoms with Gasteiger partial charge in [0, 0.05) is 25.8 Å². The molecule has 13 heteroatoms. The van der Waals surface area contributed by atoms with E-state index < -0.39 is 61.1 Å². The fraction of sp³-hybridized carbons (Fsp3) is 0.897. The molecule has 1 fully saturated rings. The number of nitrogens with two attached hydrogens (primary N) is 2. The van der Waals surface area contributed by atoms with Crippen molar-refractivity contribution in [2.75, 3.05) is 19.7 Å². The van der Waals surface area contributed by atoms with Crippen LogP contribution in [0.1, 0.15) is 174 Å². The molecule has 0 saturated carbocycles. The Morgan fingerprint density at radius 1 is 0.769 bits per heavy atom. The summed E-state index contributed by atoms with van der Waals surface area (Å²) in [5.41, 5.74) is 11.0. The maximum Gasteiger partial charge on any atom is 0.243 e. The van der Waals surface area contributed by atoms with Crippen LogP contribution in [-0.2, 0) is 23.9 Å². The molecule has 1 heterocycles. The lowest BCUT2D eigenvalue weighted by Crippen LogP contribution is -2.72. The highest BCUT2D eigenvalue weighted by Crippen LogP contribution is 2.32. The van der Waals surface area contributed by atoms with E-state index in [0.717, 1.165) is 44.9 Å². The number of primary amides is 1. The number of ether oxygens (including phenoxy) is 1. The van der Waals surface area contributed by atoms with Gasteiger partial charge in [-0.2, -0.15) is 0 Å². The van der Waals surface area contributed by atoms with Gasteiger partial charge in [-0.05, 0) is 19.3 Å². The van der Waals surface area contributed by atoms with E-state index in [1.807, 2.05) is 0 Å². The van der Waals surface area contributed by atoms with Crippen molar-refractivity contribution in [2.45, 2.75) is 205 Å². The molecule has 0 aliphatic carbocycles. The van der Waals surface area contributed by atoms with E-state index in [2.05, 4.69) is 24.5 Å². The molecule has 1 aliphatic rings. The molecule has 0 bridgehead atoms. The molecule has 5 atom stereocenters. The summed E-state index contributed by atoms with van der Waals surface area (Å²) >= 11 is 0. The van der Waals surface area contributed by atoms with Crippen LogP contribution < -0.4 is 22.1 Å². The molecular weight excluding hydrogens is 666 g/mol. The number of amides is 4. The van der Waals surface area contributed by atoms with Gasteiger partial charge < -0.3 is 42.2 Å². The second kappa shape index (κ2) is 29.1. The molecular formula is C39H75N5O8. The van der Waals surface area contributed by atoms with Crippen molar-refractivity contribution in [1.29, 1.82) is 0 Å². The largest absolute Gasteiger partial charge is 0.394 e. The van der Waals surface area contributed by atoms with E-state index in [4.69, 9.17) is 16.2 Å². The quantitative estimate of drug-likeness (QED) is 0.0383. The summed E-state index contributed by atoms with van der Waals surface area (Å²) in [6.07, 6.45) is 19.2. The number of unbranched alkanes of at least 4 members (excludes halogenated alkanes) is 19. The Kier molecular flexibility index (Phi) is 26.7. The molecule has 0 unspecified atom stereocenters. The van der Waals surface area contributed by atoms with Crippen molar-refractivity contribution in [3.8, 4) is 0 Å². The smallest absolute Gasteiger partial charge is 0.243 e. The molecule has 13 nitrogen and oxygen atoms in total. The van der Waals surface area contributed by atoms with Crippen molar-refractivity contribution in [1.82, 2.24) is 15.5 Å². The molecule has 0 aromatic rings. The fourth-order valence-corrected chi connectivity index (χ4v) is 6.82. The van der Waals surface area contributed by atoms with Gasteiger partial charge in [-0.25, -0.2) is 0 Å². The first-order valence-corrected chi connectivity index (χ1v) is 20.6. The van der Waals surface area contributed by atoms with Crippen LogP contribution in [0.25, 0.3) is 0 Å². The number of nitrogens with one attached hydrogen (secondary N) is 2. The Balaban J connectivity index is 2.98. The lowest BCUT2D eigenvalue weighted by molar-refractivity contribution is -0.280. The summed E-state index contributed by atoms with van der Waals surface area (Å²) in [5, 5.41) is 36.7. The molecule has 0 radical (unpaired) electrons. The number of rotatable bonds is 32. The normalized spacial score (nSPS) is 20.7. The first-order chi connectivity index (χ1) is 25.0. The third-order valence-electron chi connectivity index (χ3n) is 10.1. The summed E-state index contributed by atoms with van der Waals surface area (Å²) in [6, 6.07) is -1.06. The van der Waals surface area contributed by atoms with E-state index in [1.165, 1.54) is 81.9 Å². The number of hydrogen-bond acceptors (Lipinski definition) is 9. The van der Waals surface area contributed by atoms with E-state index in [1.54, 1.807) is 0 Å². The Morgan fingerprint density at radius 2 is 1.25 bits per heavy atom. The number of aliphatic hydroxyl groups is 3. The van der Waals surface area contributed by atoms with Crippen LogP contribution in [0, 0.1) is 0 Å². The Labute approximate surface area is 313 Å². The molecule has 1 saturated heterocycles. The van der Waals surface area contributed by atoms with Crippen molar-refractivity contribution >= 4 is 23.6 Å². The number of carbonyl (C=O) groups is 4. The monoisotopic (exact) mass is 742 g/mol. The summed E-state index contributed by atoms with van der Waals surface area (Å²) in [4.78, 5) is 52.4. The van der Waals surface area contributed by atoms with Gasteiger partial charge >= 0.3 is 0 Å². The minimum Gasteiger partial charge on any atom is -0.394 e. The minimum atomic E-state index is -1.87. The lowest BCUT2D eigenvalue weighted by Gasteiger charge is -2.50. The highest BCUT2D eigenvalue weighted by molar-refractivity contribution is 5.88. The molecule has 9 N–H and O–H groups in total. The summed E-state index contributed by atoms with van der Waals surface area (Å²) < 4.78 is 6.15. The number of nitrogens with zero attached hydrogens (tertiary/aromatic N) is 1. The van der Waals surface area contributed by atoms with Crippen molar-refractivity contribution < 1.29 is 39.2 Å². The molecule has 1 aliphatic heterocycles. The van der Waals surface area contributed by atoms with Crippen LogP contribution in [0.3, 0.4) is 0 Å². The SMILES string of the molecule is CCCCCCCCCCCCCCN(C(=O)CCCCCCCCCCC)[C@@]1(NC(=O)CNC(=O)[C@@H](N)CCC(N)=O)C[C@@H](O)[C@H](O)[C@@H](CO)O1.